The first kappa shape index (κ1) is 22.0. The fraction of sp³-hybridized carbons (Fsp3) is 0.600. The van der Waals surface area contributed by atoms with E-state index in [9.17, 15) is 9.90 Å². The quantitative estimate of drug-likeness (QED) is 0.468. The number of aliphatic hydroxyl groups excluding tert-OH is 1. The van der Waals surface area contributed by atoms with Crippen LogP contribution in [0.1, 0.15) is 40.4 Å². The summed E-state index contributed by atoms with van der Waals surface area (Å²) in [6, 6.07) is 5.83. The SMILES string of the molecule is CC[n+]1c(CN)n(C[C@H](C)O)c2cc(OCCNC(=O)OC(C)(C)C)ccc21. The number of amides is 1. The number of carbonyl (C=O) groups is 1. The Labute approximate surface area is 166 Å². The van der Waals surface area contributed by atoms with Crippen molar-refractivity contribution in [1.29, 1.82) is 0 Å². The summed E-state index contributed by atoms with van der Waals surface area (Å²) >= 11 is 0. The molecule has 8 nitrogen and oxygen atoms in total. The van der Waals surface area contributed by atoms with Gasteiger partial charge in [0.15, 0.2) is 11.0 Å². The van der Waals surface area contributed by atoms with Gasteiger partial charge in [0.2, 0.25) is 0 Å². The Hall–Kier alpha value is -2.32. The van der Waals surface area contributed by atoms with Gasteiger partial charge in [-0.25, -0.2) is 13.9 Å². The minimum atomic E-state index is -0.527. The van der Waals surface area contributed by atoms with Crippen LogP contribution in [0.15, 0.2) is 18.2 Å². The number of aromatic nitrogens is 2. The first-order chi connectivity index (χ1) is 13.2. The Bertz CT molecular complexity index is 809. The molecular weight excluding hydrogens is 360 g/mol. The maximum atomic E-state index is 11.7. The zero-order valence-corrected chi connectivity index (χ0v) is 17.5. The lowest BCUT2D eigenvalue weighted by Gasteiger charge is -2.19. The maximum Gasteiger partial charge on any atom is 0.407 e. The molecule has 0 aliphatic heterocycles. The molecule has 0 unspecified atom stereocenters. The van der Waals surface area contributed by atoms with E-state index >= 15 is 0 Å². The van der Waals surface area contributed by atoms with Gasteiger partial charge >= 0.3 is 6.09 Å². The normalized spacial score (nSPS) is 12.8. The minimum absolute atomic E-state index is 0.319. The van der Waals surface area contributed by atoms with Crippen LogP contribution in [0.4, 0.5) is 4.79 Å². The molecule has 1 amide bonds. The first-order valence-electron chi connectivity index (χ1n) is 9.69. The van der Waals surface area contributed by atoms with E-state index in [4.69, 9.17) is 15.2 Å². The maximum absolute atomic E-state index is 11.7. The molecule has 0 radical (unpaired) electrons. The first-order valence-corrected chi connectivity index (χ1v) is 9.69. The molecule has 0 fully saturated rings. The Morgan fingerprint density at radius 3 is 2.68 bits per heavy atom. The number of rotatable bonds is 8. The number of nitrogens with zero attached hydrogens (tertiary/aromatic N) is 2. The van der Waals surface area contributed by atoms with Gasteiger partial charge in [-0.15, -0.1) is 0 Å². The summed E-state index contributed by atoms with van der Waals surface area (Å²) in [5.74, 6) is 1.65. The number of carbonyl (C=O) groups excluding carboxylic acids is 1. The van der Waals surface area contributed by atoms with Gasteiger partial charge in [-0.1, -0.05) is 0 Å². The average Bonchev–Trinajstić information content (AvgIpc) is 2.88. The van der Waals surface area contributed by atoms with Gasteiger partial charge in [-0.2, -0.15) is 0 Å². The van der Waals surface area contributed by atoms with Gasteiger partial charge in [0.1, 0.15) is 24.5 Å². The van der Waals surface area contributed by atoms with Crippen LogP contribution in [-0.4, -0.2) is 40.6 Å². The summed E-state index contributed by atoms with van der Waals surface area (Å²) < 4.78 is 15.2. The molecule has 0 saturated carbocycles. The van der Waals surface area contributed by atoms with Crippen molar-refractivity contribution in [3.8, 4) is 5.75 Å². The van der Waals surface area contributed by atoms with Gasteiger partial charge in [0.05, 0.1) is 25.7 Å². The third kappa shape index (κ3) is 5.59. The van der Waals surface area contributed by atoms with Crippen LogP contribution >= 0.6 is 0 Å². The number of benzene rings is 1. The summed E-state index contributed by atoms with van der Waals surface area (Å²) in [5, 5.41) is 12.6. The lowest BCUT2D eigenvalue weighted by atomic mass is 10.2. The third-order valence-electron chi connectivity index (χ3n) is 4.14. The van der Waals surface area contributed by atoms with Crippen molar-refractivity contribution < 1.29 is 23.9 Å². The molecule has 0 spiro atoms. The smallest absolute Gasteiger partial charge is 0.407 e. The second-order valence-electron chi connectivity index (χ2n) is 7.75. The average molecular weight is 394 g/mol. The van der Waals surface area contributed by atoms with E-state index in [2.05, 4.69) is 16.8 Å². The predicted molar refractivity (Wildman–Crippen MR) is 107 cm³/mol. The number of hydrogen-bond acceptors (Lipinski definition) is 5. The zero-order valence-electron chi connectivity index (χ0n) is 17.5. The van der Waals surface area contributed by atoms with Crippen LogP contribution < -0.4 is 20.4 Å². The number of aliphatic hydroxyl groups is 1. The lowest BCUT2D eigenvalue weighted by molar-refractivity contribution is -0.676. The lowest BCUT2D eigenvalue weighted by Crippen LogP contribution is -2.38. The van der Waals surface area contributed by atoms with E-state index in [1.165, 1.54) is 0 Å². The molecule has 0 aliphatic rings. The van der Waals surface area contributed by atoms with Crippen molar-refractivity contribution in [2.24, 2.45) is 5.73 Å². The Balaban J connectivity index is 2.11. The molecular formula is C20H33N4O4+. The number of aryl methyl sites for hydroxylation is 1. The van der Waals surface area contributed by atoms with Gasteiger partial charge in [-0.3, -0.25) is 0 Å². The van der Waals surface area contributed by atoms with Crippen molar-refractivity contribution in [3.05, 3.63) is 24.0 Å². The van der Waals surface area contributed by atoms with Gasteiger partial charge < -0.3 is 25.6 Å². The van der Waals surface area contributed by atoms with Crippen LogP contribution in [0.5, 0.6) is 5.75 Å². The van der Waals surface area contributed by atoms with Gasteiger partial charge in [0, 0.05) is 6.07 Å². The molecule has 2 aromatic rings. The molecule has 156 valence electrons. The number of imidazole rings is 1. The standard InChI is InChI=1S/C20H32N4O4/c1-6-23-16-8-7-15(27-10-9-22-19(26)28-20(3,4)5)11-17(16)24(13-14(2)25)18(23)12-21/h7-8,11,14,25H,6,9-10,12-13,21H2,1-5H3/p+1/t14-/m0/s1. The summed E-state index contributed by atoms with van der Waals surface area (Å²) in [4.78, 5) is 11.7. The predicted octanol–water partition coefficient (Wildman–Crippen LogP) is 1.69. The fourth-order valence-corrected chi connectivity index (χ4v) is 3.14. The number of hydrogen-bond donors (Lipinski definition) is 3. The molecule has 8 heteroatoms. The van der Waals surface area contributed by atoms with Crippen molar-refractivity contribution in [1.82, 2.24) is 9.88 Å². The summed E-state index contributed by atoms with van der Waals surface area (Å²) in [6.07, 6.45) is -0.956. The van der Waals surface area contributed by atoms with Crippen LogP contribution in [0.3, 0.4) is 0 Å². The minimum Gasteiger partial charge on any atom is -0.492 e. The molecule has 2 rings (SSSR count). The largest absolute Gasteiger partial charge is 0.492 e. The molecule has 0 aliphatic carbocycles. The third-order valence-corrected chi connectivity index (χ3v) is 4.14. The van der Waals surface area contributed by atoms with Crippen LogP contribution in [0.2, 0.25) is 0 Å². The van der Waals surface area contributed by atoms with E-state index < -0.39 is 17.8 Å². The van der Waals surface area contributed by atoms with E-state index in [0.29, 0.717) is 32.0 Å². The van der Waals surface area contributed by atoms with Gasteiger partial charge in [0.25, 0.3) is 5.82 Å². The molecule has 28 heavy (non-hydrogen) atoms. The molecule has 1 aromatic carbocycles. The highest BCUT2D eigenvalue weighted by molar-refractivity contribution is 5.74. The summed E-state index contributed by atoms with van der Waals surface area (Å²) in [7, 11) is 0. The molecule has 1 heterocycles. The topological polar surface area (TPSA) is 103 Å². The van der Waals surface area contributed by atoms with E-state index in [1.54, 1.807) is 6.92 Å². The van der Waals surface area contributed by atoms with Crippen molar-refractivity contribution in [3.63, 3.8) is 0 Å². The fourth-order valence-electron chi connectivity index (χ4n) is 3.14. The number of nitrogens with one attached hydrogen (secondary N) is 1. The number of ether oxygens (including phenoxy) is 2. The van der Waals surface area contributed by atoms with Crippen molar-refractivity contribution >= 4 is 17.1 Å². The van der Waals surface area contributed by atoms with Crippen molar-refractivity contribution in [2.45, 2.75) is 66.0 Å². The van der Waals surface area contributed by atoms with Crippen LogP contribution in [0.25, 0.3) is 11.0 Å². The summed E-state index contributed by atoms with van der Waals surface area (Å²) in [5.41, 5.74) is 7.44. The molecule has 0 saturated heterocycles. The zero-order chi connectivity index (χ0) is 20.9. The second-order valence-corrected chi connectivity index (χ2v) is 7.75. The number of fused-ring (bicyclic) bond motifs is 1. The summed E-state index contributed by atoms with van der Waals surface area (Å²) in [6.45, 7) is 11.6. The van der Waals surface area contributed by atoms with E-state index in [0.717, 1.165) is 23.4 Å². The van der Waals surface area contributed by atoms with Crippen LogP contribution in [-0.2, 0) is 24.4 Å². The highest BCUT2D eigenvalue weighted by Crippen LogP contribution is 2.22. The van der Waals surface area contributed by atoms with E-state index in [1.807, 2.05) is 43.5 Å². The highest BCUT2D eigenvalue weighted by Gasteiger charge is 2.24. The van der Waals surface area contributed by atoms with Crippen molar-refractivity contribution in [2.75, 3.05) is 13.2 Å². The molecule has 4 N–H and O–H groups in total. The molecule has 1 aromatic heterocycles. The van der Waals surface area contributed by atoms with Crippen LogP contribution in [0, 0.1) is 0 Å². The molecule has 0 bridgehead atoms. The molecule has 1 atom stereocenters. The number of nitrogens with two attached hydrogens (primary N) is 1. The van der Waals surface area contributed by atoms with E-state index in [-0.39, 0.29) is 0 Å². The second kappa shape index (κ2) is 9.25. The Kier molecular flexibility index (Phi) is 7.26. The highest BCUT2D eigenvalue weighted by atomic mass is 16.6. The Morgan fingerprint density at radius 1 is 1.39 bits per heavy atom. The number of alkyl carbamates (subject to hydrolysis) is 1. The monoisotopic (exact) mass is 393 g/mol. The Morgan fingerprint density at radius 2 is 2.11 bits per heavy atom. The van der Waals surface area contributed by atoms with Gasteiger partial charge in [-0.05, 0) is 46.8 Å².